The largest absolute Gasteiger partial charge is 0.435 e. The van der Waals surface area contributed by atoms with Crippen LogP contribution in [0.5, 0.6) is 0 Å². The van der Waals surface area contributed by atoms with Crippen molar-refractivity contribution in [1.29, 1.82) is 0 Å². The molecule has 0 aliphatic heterocycles. The molecule has 10 heteroatoms. The summed E-state index contributed by atoms with van der Waals surface area (Å²) < 4.78 is 10.6. The minimum absolute atomic E-state index is 0.180. The summed E-state index contributed by atoms with van der Waals surface area (Å²) in [6, 6.07) is 12.2. The first-order valence-corrected chi connectivity index (χ1v) is 8.58. The van der Waals surface area contributed by atoms with Gasteiger partial charge in [0.25, 0.3) is 5.91 Å². The summed E-state index contributed by atoms with van der Waals surface area (Å²) in [7, 11) is 0. The first-order chi connectivity index (χ1) is 13.4. The van der Waals surface area contributed by atoms with Crippen LogP contribution in [-0.4, -0.2) is 15.8 Å². The molecule has 0 aliphatic rings. The normalized spacial score (nSPS) is 10.9. The molecule has 140 valence electrons. The van der Waals surface area contributed by atoms with E-state index in [1.807, 2.05) is 0 Å². The Morgan fingerprint density at radius 2 is 1.93 bits per heavy atom. The Bertz CT molecular complexity index is 1230. The van der Waals surface area contributed by atoms with Crippen LogP contribution < -0.4 is 5.32 Å². The monoisotopic (exact) mass is 417 g/mol. The first-order valence-electron chi connectivity index (χ1n) is 7.82. The second-order valence-corrected chi connectivity index (χ2v) is 6.53. The minimum Gasteiger partial charge on any atom is -0.435 e. The number of anilines is 1. The van der Waals surface area contributed by atoms with Crippen LogP contribution in [0, 0.1) is 10.1 Å². The van der Waals surface area contributed by atoms with E-state index < -0.39 is 16.7 Å². The number of amides is 1. The van der Waals surface area contributed by atoms with Gasteiger partial charge in [-0.3, -0.25) is 14.9 Å². The predicted molar refractivity (Wildman–Crippen MR) is 103 cm³/mol. The maximum Gasteiger partial charge on any atom is 0.433 e. The van der Waals surface area contributed by atoms with E-state index in [1.54, 1.807) is 36.4 Å². The third-order valence-electron chi connectivity index (χ3n) is 3.77. The second-order valence-electron chi connectivity index (χ2n) is 5.68. The topological polar surface area (TPSA) is 111 Å². The molecule has 0 saturated carbocycles. The molecule has 0 aliphatic carbocycles. The number of halogens is 2. The Labute approximate surface area is 166 Å². The number of fused-ring (bicyclic) bond motifs is 1. The van der Waals surface area contributed by atoms with Crippen LogP contribution in [0.1, 0.15) is 10.6 Å². The molecule has 0 atom stereocenters. The third-order valence-corrected chi connectivity index (χ3v) is 4.27. The van der Waals surface area contributed by atoms with Gasteiger partial charge in [0, 0.05) is 16.3 Å². The van der Waals surface area contributed by atoms with Crippen molar-refractivity contribution in [2.75, 3.05) is 5.32 Å². The molecule has 0 fully saturated rings. The van der Waals surface area contributed by atoms with Crippen LogP contribution in [0.4, 0.5) is 11.6 Å². The van der Waals surface area contributed by atoms with E-state index in [1.165, 1.54) is 6.07 Å². The van der Waals surface area contributed by atoms with Crippen LogP contribution in [-0.2, 0) is 0 Å². The van der Waals surface area contributed by atoms with Crippen molar-refractivity contribution in [3.05, 3.63) is 74.5 Å². The number of oxazole rings is 1. The number of hydrogen-bond donors (Lipinski definition) is 1. The zero-order valence-electron chi connectivity index (χ0n) is 13.8. The van der Waals surface area contributed by atoms with E-state index >= 15 is 0 Å². The molecular formula is C18H9Cl2N3O5. The molecule has 2 aromatic carbocycles. The van der Waals surface area contributed by atoms with Gasteiger partial charge in [-0.25, -0.2) is 4.98 Å². The highest BCUT2D eigenvalue weighted by Crippen LogP contribution is 2.32. The molecule has 8 nitrogen and oxygen atoms in total. The molecule has 0 bridgehead atoms. The average molecular weight is 418 g/mol. The molecule has 1 amide bonds. The molecule has 0 radical (unpaired) electrons. The highest BCUT2D eigenvalue weighted by Gasteiger charge is 2.18. The minimum atomic E-state index is -0.720. The SMILES string of the molecule is O=C(Nc1cccc(-c2nc3cc(Cl)cc(Cl)c3o2)c1)c1ccc([N+](=O)[O-])o1. The zero-order chi connectivity index (χ0) is 19.8. The number of nitrogens with one attached hydrogen (secondary N) is 1. The highest BCUT2D eigenvalue weighted by atomic mass is 35.5. The number of hydrogen-bond acceptors (Lipinski definition) is 6. The first kappa shape index (κ1) is 18.0. The van der Waals surface area contributed by atoms with Gasteiger partial charge in [-0.15, -0.1) is 0 Å². The van der Waals surface area contributed by atoms with Gasteiger partial charge in [0.2, 0.25) is 5.89 Å². The fourth-order valence-corrected chi connectivity index (χ4v) is 3.07. The third kappa shape index (κ3) is 3.42. The Kier molecular flexibility index (Phi) is 4.50. The predicted octanol–water partition coefficient (Wildman–Crippen LogP) is 5.56. The number of aromatic nitrogens is 1. The summed E-state index contributed by atoms with van der Waals surface area (Å²) >= 11 is 12.1. The molecule has 4 aromatic rings. The van der Waals surface area contributed by atoms with Crippen LogP contribution >= 0.6 is 23.2 Å². The summed E-state index contributed by atoms with van der Waals surface area (Å²) in [5, 5.41) is 14.0. The van der Waals surface area contributed by atoms with E-state index in [2.05, 4.69) is 10.3 Å². The number of nitro groups is 1. The quantitative estimate of drug-likeness (QED) is 0.343. The van der Waals surface area contributed by atoms with Crippen molar-refractivity contribution in [3.8, 4) is 11.5 Å². The standard InChI is InChI=1S/C18H9Cl2N3O5/c19-10-7-12(20)16-13(8-10)22-18(28-16)9-2-1-3-11(6-9)21-17(24)14-4-5-15(27-14)23(25)26/h1-8H,(H,21,24). The van der Waals surface area contributed by atoms with Crippen molar-refractivity contribution in [1.82, 2.24) is 4.98 Å². The lowest BCUT2D eigenvalue weighted by atomic mass is 10.2. The van der Waals surface area contributed by atoms with Crippen LogP contribution in [0.25, 0.3) is 22.6 Å². The van der Waals surface area contributed by atoms with Gasteiger partial charge in [-0.05, 0) is 36.4 Å². The van der Waals surface area contributed by atoms with Crippen molar-refractivity contribution in [2.24, 2.45) is 0 Å². The zero-order valence-corrected chi connectivity index (χ0v) is 15.3. The molecule has 2 aromatic heterocycles. The summed E-state index contributed by atoms with van der Waals surface area (Å²) in [4.78, 5) is 26.5. The van der Waals surface area contributed by atoms with Crippen LogP contribution in [0.15, 0.2) is 57.4 Å². The summed E-state index contributed by atoms with van der Waals surface area (Å²) in [6.45, 7) is 0. The highest BCUT2D eigenvalue weighted by molar-refractivity contribution is 6.38. The number of benzene rings is 2. The average Bonchev–Trinajstić information content (AvgIpc) is 3.29. The molecule has 0 unspecified atom stereocenters. The van der Waals surface area contributed by atoms with E-state index in [0.717, 1.165) is 6.07 Å². The van der Waals surface area contributed by atoms with Gasteiger partial charge in [0.15, 0.2) is 11.3 Å². The number of rotatable bonds is 4. The van der Waals surface area contributed by atoms with E-state index in [4.69, 9.17) is 32.0 Å². The number of carbonyl (C=O) groups excluding carboxylic acids is 1. The molecule has 28 heavy (non-hydrogen) atoms. The van der Waals surface area contributed by atoms with Gasteiger partial charge in [-0.2, -0.15) is 0 Å². The molecule has 4 rings (SSSR count). The molecular weight excluding hydrogens is 409 g/mol. The lowest BCUT2D eigenvalue weighted by Crippen LogP contribution is -2.10. The molecule has 2 heterocycles. The van der Waals surface area contributed by atoms with Crippen molar-refractivity contribution >= 4 is 51.8 Å². The maximum absolute atomic E-state index is 12.2. The van der Waals surface area contributed by atoms with E-state index in [-0.39, 0.29) is 5.76 Å². The fourth-order valence-electron chi connectivity index (χ4n) is 2.55. The van der Waals surface area contributed by atoms with Gasteiger partial charge >= 0.3 is 5.88 Å². The Balaban J connectivity index is 1.61. The lowest BCUT2D eigenvalue weighted by molar-refractivity contribution is -0.402. The van der Waals surface area contributed by atoms with Gasteiger partial charge in [0.05, 0.1) is 11.1 Å². The summed E-state index contributed by atoms with van der Waals surface area (Å²) in [6.07, 6.45) is 0. The molecule has 0 spiro atoms. The second kappa shape index (κ2) is 6.99. The number of nitrogens with zero attached hydrogens (tertiary/aromatic N) is 2. The lowest BCUT2D eigenvalue weighted by Gasteiger charge is -2.04. The van der Waals surface area contributed by atoms with Gasteiger partial charge in [0.1, 0.15) is 10.4 Å². The van der Waals surface area contributed by atoms with Crippen molar-refractivity contribution in [3.63, 3.8) is 0 Å². The molecule has 0 saturated heterocycles. The van der Waals surface area contributed by atoms with Crippen molar-refractivity contribution in [2.45, 2.75) is 0 Å². The maximum atomic E-state index is 12.2. The molecule has 1 N–H and O–H groups in total. The van der Waals surface area contributed by atoms with Crippen LogP contribution in [0.3, 0.4) is 0 Å². The fraction of sp³-hybridized carbons (Fsp3) is 0. The number of carbonyl (C=O) groups is 1. The smallest absolute Gasteiger partial charge is 0.433 e. The van der Waals surface area contributed by atoms with Gasteiger partial charge in [-0.1, -0.05) is 29.3 Å². The summed E-state index contributed by atoms with van der Waals surface area (Å²) in [5.74, 6) is -1.03. The number of furan rings is 1. The Morgan fingerprint density at radius 1 is 1.11 bits per heavy atom. The van der Waals surface area contributed by atoms with Crippen LogP contribution in [0.2, 0.25) is 10.0 Å². The Morgan fingerprint density at radius 3 is 2.68 bits per heavy atom. The summed E-state index contributed by atoms with van der Waals surface area (Å²) in [5.41, 5.74) is 1.92. The van der Waals surface area contributed by atoms with Gasteiger partial charge < -0.3 is 14.2 Å². The Hall–Kier alpha value is -3.36. The van der Waals surface area contributed by atoms with E-state index in [9.17, 15) is 14.9 Å². The van der Waals surface area contributed by atoms with E-state index in [0.29, 0.717) is 38.3 Å². The van der Waals surface area contributed by atoms with Crippen molar-refractivity contribution < 1.29 is 18.6 Å².